The lowest BCUT2D eigenvalue weighted by atomic mass is 10.0. The molecule has 0 saturated heterocycles. The zero-order valence-corrected chi connectivity index (χ0v) is 8.88. The molecule has 88 valence electrons. The number of rotatable bonds is 2. The summed E-state index contributed by atoms with van der Waals surface area (Å²) in [7, 11) is 0. The molecule has 1 aliphatic heterocycles. The fraction of sp³-hybridized carbons (Fsp3) is 0.400. The van der Waals surface area contributed by atoms with Gasteiger partial charge in [0.25, 0.3) is 0 Å². The number of halogens is 3. The first-order chi connectivity index (χ1) is 7.58. The van der Waals surface area contributed by atoms with Crippen LogP contribution in [0.4, 0.5) is 8.78 Å². The Morgan fingerprint density at radius 1 is 1.50 bits per heavy atom. The minimum atomic E-state index is -2.95. The Balaban J connectivity index is 2.44. The maximum absolute atomic E-state index is 12.1. The predicted octanol–water partition coefficient (Wildman–Crippen LogP) is 2.76. The highest BCUT2D eigenvalue weighted by molar-refractivity contribution is 6.30. The molecule has 1 aliphatic rings. The molecule has 0 spiro atoms. The summed E-state index contributed by atoms with van der Waals surface area (Å²) in [5.74, 6) is -0.000278. The Bertz CT molecular complexity index is 398. The van der Waals surface area contributed by atoms with E-state index in [2.05, 4.69) is 4.74 Å². The number of hydrogen-bond acceptors (Lipinski definition) is 3. The first-order valence-corrected chi connectivity index (χ1v) is 5.05. The van der Waals surface area contributed by atoms with E-state index >= 15 is 0 Å². The molecule has 16 heavy (non-hydrogen) atoms. The molecule has 1 unspecified atom stereocenters. The molecule has 0 radical (unpaired) electrons. The van der Waals surface area contributed by atoms with Crippen molar-refractivity contribution in [1.29, 1.82) is 0 Å². The first-order valence-electron chi connectivity index (χ1n) is 4.67. The standard InChI is InChI=1S/C10H9ClF2O3/c11-5-3-6-7(14)1-2-15-9(6)8(4-5)16-10(12)13/h3-4,7,10,14H,1-2H2. The van der Waals surface area contributed by atoms with Gasteiger partial charge in [0, 0.05) is 23.1 Å². The van der Waals surface area contributed by atoms with Crippen LogP contribution >= 0.6 is 11.6 Å². The molecule has 1 aromatic rings. The number of ether oxygens (including phenoxy) is 2. The van der Waals surface area contributed by atoms with Crippen molar-refractivity contribution >= 4 is 11.6 Å². The number of hydrogen-bond donors (Lipinski definition) is 1. The molecule has 0 fully saturated rings. The van der Waals surface area contributed by atoms with Gasteiger partial charge in [0.2, 0.25) is 0 Å². The lowest BCUT2D eigenvalue weighted by Crippen LogP contribution is -2.15. The number of fused-ring (bicyclic) bond motifs is 1. The third-order valence-corrected chi connectivity index (χ3v) is 2.48. The second-order valence-corrected chi connectivity index (χ2v) is 3.79. The third kappa shape index (κ3) is 2.20. The van der Waals surface area contributed by atoms with Gasteiger partial charge < -0.3 is 14.6 Å². The van der Waals surface area contributed by atoms with Crippen LogP contribution in [0.3, 0.4) is 0 Å². The van der Waals surface area contributed by atoms with E-state index in [1.807, 2.05) is 0 Å². The van der Waals surface area contributed by atoms with Gasteiger partial charge in [0.1, 0.15) is 0 Å². The van der Waals surface area contributed by atoms with Crippen molar-refractivity contribution in [3.63, 3.8) is 0 Å². The number of aliphatic hydroxyl groups excluding tert-OH is 1. The molecule has 0 aromatic heterocycles. The van der Waals surface area contributed by atoms with Crippen molar-refractivity contribution < 1.29 is 23.4 Å². The average Bonchev–Trinajstić information content (AvgIpc) is 2.18. The summed E-state index contributed by atoms with van der Waals surface area (Å²) in [4.78, 5) is 0. The Labute approximate surface area is 95.5 Å². The highest BCUT2D eigenvalue weighted by Crippen LogP contribution is 2.42. The van der Waals surface area contributed by atoms with Gasteiger partial charge in [0.15, 0.2) is 11.5 Å². The lowest BCUT2D eigenvalue weighted by Gasteiger charge is -2.24. The van der Waals surface area contributed by atoms with Crippen LogP contribution in [-0.2, 0) is 0 Å². The van der Waals surface area contributed by atoms with Crippen molar-refractivity contribution in [2.45, 2.75) is 19.1 Å². The third-order valence-electron chi connectivity index (χ3n) is 2.26. The van der Waals surface area contributed by atoms with Gasteiger partial charge in [-0.1, -0.05) is 11.6 Å². The summed E-state index contributed by atoms with van der Waals surface area (Å²) in [6.45, 7) is -2.69. The SMILES string of the molecule is OC1CCOc2c(OC(F)F)cc(Cl)cc21. The molecule has 0 amide bonds. The van der Waals surface area contributed by atoms with Crippen LogP contribution in [0.5, 0.6) is 11.5 Å². The van der Waals surface area contributed by atoms with E-state index in [-0.39, 0.29) is 23.1 Å². The summed E-state index contributed by atoms with van der Waals surface area (Å²) in [5.41, 5.74) is 0.384. The monoisotopic (exact) mass is 250 g/mol. The minimum absolute atomic E-state index is 0.142. The van der Waals surface area contributed by atoms with E-state index in [1.165, 1.54) is 12.1 Å². The van der Waals surface area contributed by atoms with Crippen molar-refractivity contribution in [2.75, 3.05) is 6.61 Å². The smallest absolute Gasteiger partial charge is 0.387 e. The molecule has 1 heterocycles. The van der Waals surface area contributed by atoms with E-state index in [4.69, 9.17) is 16.3 Å². The second kappa shape index (κ2) is 4.43. The van der Waals surface area contributed by atoms with Crippen LogP contribution in [0, 0.1) is 0 Å². The summed E-state index contributed by atoms with van der Waals surface area (Å²) < 4.78 is 33.8. The molecule has 1 N–H and O–H groups in total. The topological polar surface area (TPSA) is 38.7 Å². The van der Waals surface area contributed by atoms with Gasteiger partial charge in [0.05, 0.1) is 12.7 Å². The van der Waals surface area contributed by atoms with Crippen LogP contribution in [0.2, 0.25) is 5.02 Å². The van der Waals surface area contributed by atoms with E-state index in [9.17, 15) is 13.9 Å². The Morgan fingerprint density at radius 2 is 2.25 bits per heavy atom. The summed E-state index contributed by atoms with van der Waals surface area (Å²) in [5, 5.41) is 9.88. The van der Waals surface area contributed by atoms with Crippen LogP contribution in [-0.4, -0.2) is 18.3 Å². The predicted molar refractivity (Wildman–Crippen MR) is 53.2 cm³/mol. The van der Waals surface area contributed by atoms with Gasteiger partial charge in [-0.05, 0) is 6.07 Å². The zero-order valence-electron chi connectivity index (χ0n) is 8.12. The summed E-state index contributed by atoms with van der Waals surface area (Å²) in [6, 6.07) is 2.73. The number of aliphatic hydroxyl groups is 1. The quantitative estimate of drug-likeness (QED) is 0.877. The van der Waals surface area contributed by atoms with E-state index in [0.717, 1.165) is 0 Å². The summed E-state index contributed by atoms with van der Waals surface area (Å²) in [6.07, 6.45) is -0.357. The van der Waals surface area contributed by atoms with Crippen molar-refractivity contribution in [3.05, 3.63) is 22.7 Å². The molecule has 3 nitrogen and oxygen atoms in total. The highest BCUT2D eigenvalue weighted by atomic mass is 35.5. The largest absolute Gasteiger partial charge is 0.489 e. The molecular formula is C10H9ClF2O3. The molecule has 1 atom stereocenters. The van der Waals surface area contributed by atoms with Crippen LogP contribution in [0.15, 0.2) is 12.1 Å². The van der Waals surface area contributed by atoms with Crippen LogP contribution in [0.1, 0.15) is 18.1 Å². The van der Waals surface area contributed by atoms with E-state index in [0.29, 0.717) is 12.0 Å². The Kier molecular flexibility index (Phi) is 3.16. The van der Waals surface area contributed by atoms with E-state index in [1.54, 1.807) is 0 Å². The van der Waals surface area contributed by atoms with Gasteiger partial charge in [-0.3, -0.25) is 0 Å². The average molecular weight is 251 g/mol. The molecule has 1 aromatic carbocycles. The van der Waals surface area contributed by atoms with Crippen molar-refractivity contribution in [1.82, 2.24) is 0 Å². The Hall–Kier alpha value is -1.07. The van der Waals surface area contributed by atoms with Crippen molar-refractivity contribution in [3.8, 4) is 11.5 Å². The molecule has 2 rings (SSSR count). The fourth-order valence-electron chi connectivity index (χ4n) is 1.60. The first kappa shape index (κ1) is 11.4. The molecule has 0 aliphatic carbocycles. The lowest BCUT2D eigenvalue weighted by molar-refractivity contribution is -0.0523. The van der Waals surface area contributed by atoms with Gasteiger partial charge in [-0.15, -0.1) is 0 Å². The second-order valence-electron chi connectivity index (χ2n) is 3.35. The zero-order chi connectivity index (χ0) is 11.7. The summed E-state index contributed by atoms with van der Waals surface area (Å²) >= 11 is 5.74. The fourth-order valence-corrected chi connectivity index (χ4v) is 1.82. The number of alkyl halides is 2. The van der Waals surface area contributed by atoms with Gasteiger partial charge in [-0.2, -0.15) is 8.78 Å². The molecule has 0 saturated carbocycles. The van der Waals surface area contributed by atoms with Crippen molar-refractivity contribution in [2.24, 2.45) is 0 Å². The maximum atomic E-state index is 12.1. The highest BCUT2D eigenvalue weighted by Gasteiger charge is 2.25. The maximum Gasteiger partial charge on any atom is 0.387 e. The van der Waals surface area contributed by atoms with Gasteiger partial charge >= 0.3 is 6.61 Å². The van der Waals surface area contributed by atoms with Gasteiger partial charge in [-0.25, -0.2) is 0 Å². The normalized spacial score (nSPS) is 19.2. The number of benzene rings is 1. The molecule has 6 heteroatoms. The van der Waals surface area contributed by atoms with Crippen LogP contribution < -0.4 is 9.47 Å². The Morgan fingerprint density at radius 3 is 2.94 bits per heavy atom. The van der Waals surface area contributed by atoms with E-state index < -0.39 is 12.7 Å². The van der Waals surface area contributed by atoms with Crippen LogP contribution in [0.25, 0.3) is 0 Å². The minimum Gasteiger partial charge on any atom is -0.489 e. The molecular weight excluding hydrogens is 242 g/mol. The molecule has 0 bridgehead atoms.